The van der Waals surface area contributed by atoms with Crippen LogP contribution in [0.25, 0.3) is 0 Å². The molecule has 18 heavy (non-hydrogen) atoms. The second kappa shape index (κ2) is 7.20. The molecule has 1 aromatic rings. The molecule has 1 N–H and O–H groups in total. The highest BCUT2D eigenvalue weighted by Crippen LogP contribution is 2.34. The van der Waals surface area contributed by atoms with E-state index in [0.717, 1.165) is 12.5 Å². The minimum Gasteiger partial charge on any atom is -0.310 e. The van der Waals surface area contributed by atoms with E-state index in [-0.39, 0.29) is 0 Å². The van der Waals surface area contributed by atoms with Crippen molar-refractivity contribution in [1.29, 1.82) is 0 Å². The van der Waals surface area contributed by atoms with Crippen LogP contribution in [0.2, 0.25) is 0 Å². The summed E-state index contributed by atoms with van der Waals surface area (Å²) in [5, 5.41) is 3.55. The molecule has 0 heterocycles. The number of hydrogen-bond acceptors (Lipinski definition) is 2. The minimum absolute atomic E-state index is 0.467. The normalized spacial score (nSPS) is 16.8. The lowest BCUT2D eigenvalue weighted by Crippen LogP contribution is -2.19. The molecule has 0 spiro atoms. The van der Waals surface area contributed by atoms with Gasteiger partial charge in [0.15, 0.2) is 0 Å². The Labute approximate surface area is 116 Å². The fraction of sp³-hybridized carbons (Fsp3) is 0.625. The highest BCUT2D eigenvalue weighted by Gasteiger charge is 2.20. The van der Waals surface area contributed by atoms with E-state index in [1.807, 2.05) is 11.8 Å². The van der Waals surface area contributed by atoms with Crippen LogP contribution >= 0.6 is 11.8 Å². The molecule has 1 saturated carbocycles. The summed E-state index contributed by atoms with van der Waals surface area (Å²) in [4.78, 5) is 1.43. The van der Waals surface area contributed by atoms with E-state index >= 15 is 0 Å². The van der Waals surface area contributed by atoms with Crippen LogP contribution in [-0.2, 0) is 0 Å². The van der Waals surface area contributed by atoms with E-state index in [4.69, 9.17) is 0 Å². The van der Waals surface area contributed by atoms with Gasteiger partial charge in [-0.05, 0) is 55.7 Å². The summed E-state index contributed by atoms with van der Waals surface area (Å²) >= 11 is 2.02. The van der Waals surface area contributed by atoms with Crippen molar-refractivity contribution in [3.8, 4) is 0 Å². The van der Waals surface area contributed by atoms with Crippen LogP contribution in [0, 0.1) is 5.92 Å². The van der Waals surface area contributed by atoms with Crippen LogP contribution in [-0.4, -0.2) is 12.3 Å². The molecule has 2 heteroatoms. The molecule has 1 aliphatic rings. The molecule has 0 aromatic heterocycles. The largest absolute Gasteiger partial charge is 0.310 e. The Kier molecular flexibility index (Phi) is 5.58. The molecule has 0 aliphatic heterocycles. The van der Waals surface area contributed by atoms with Crippen LogP contribution in [0.15, 0.2) is 29.2 Å². The highest BCUT2D eigenvalue weighted by atomic mass is 32.2. The SMILES string of the molecule is CCCNC(C)c1cccc(SCCC2CC2)c1. The Morgan fingerprint density at radius 3 is 2.94 bits per heavy atom. The first-order valence-corrected chi connectivity index (χ1v) is 8.24. The Morgan fingerprint density at radius 1 is 1.39 bits per heavy atom. The van der Waals surface area contributed by atoms with Gasteiger partial charge in [-0.1, -0.05) is 31.9 Å². The van der Waals surface area contributed by atoms with Crippen molar-refractivity contribution in [3.05, 3.63) is 29.8 Å². The van der Waals surface area contributed by atoms with Crippen LogP contribution in [0.4, 0.5) is 0 Å². The lowest BCUT2D eigenvalue weighted by Gasteiger charge is -2.14. The van der Waals surface area contributed by atoms with Gasteiger partial charge in [-0.25, -0.2) is 0 Å². The van der Waals surface area contributed by atoms with E-state index in [2.05, 4.69) is 43.4 Å². The molecule has 100 valence electrons. The third-order valence-corrected chi connectivity index (χ3v) is 4.58. The summed E-state index contributed by atoms with van der Waals surface area (Å²) in [6.45, 7) is 5.56. The van der Waals surface area contributed by atoms with E-state index < -0.39 is 0 Å². The Hall–Kier alpha value is -0.470. The zero-order valence-corrected chi connectivity index (χ0v) is 12.4. The van der Waals surface area contributed by atoms with Gasteiger partial charge < -0.3 is 5.32 Å². The summed E-state index contributed by atoms with van der Waals surface area (Å²) in [7, 11) is 0. The second-order valence-corrected chi connectivity index (χ2v) is 6.50. The van der Waals surface area contributed by atoms with Crippen molar-refractivity contribution < 1.29 is 0 Å². The maximum Gasteiger partial charge on any atom is 0.0292 e. The molecular weight excluding hydrogens is 238 g/mol. The quantitative estimate of drug-likeness (QED) is 0.686. The molecule has 0 radical (unpaired) electrons. The number of hydrogen-bond donors (Lipinski definition) is 1. The van der Waals surface area contributed by atoms with Gasteiger partial charge in [0.2, 0.25) is 0 Å². The minimum atomic E-state index is 0.467. The Morgan fingerprint density at radius 2 is 2.22 bits per heavy atom. The molecule has 0 amide bonds. The summed E-state index contributed by atoms with van der Waals surface area (Å²) in [6, 6.07) is 9.49. The average Bonchev–Trinajstić information content (AvgIpc) is 3.20. The van der Waals surface area contributed by atoms with E-state index in [9.17, 15) is 0 Å². The fourth-order valence-corrected chi connectivity index (χ4v) is 3.18. The number of rotatable bonds is 8. The van der Waals surface area contributed by atoms with Gasteiger partial charge in [0.25, 0.3) is 0 Å². The Bertz CT molecular complexity index is 360. The molecular formula is C16H25NS. The topological polar surface area (TPSA) is 12.0 Å². The van der Waals surface area contributed by atoms with Gasteiger partial charge in [0.05, 0.1) is 0 Å². The first-order valence-electron chi connectivity index (χ1n) is 7.25. The van der Waals surface area contributed by atoms with Crippen molar-refractivity contribution in [2.75, 3.05) is 12.3 Å². The fourth-order valence-electron chi connectivity index (χ4n) is 2.10. The van der Waals surface area contributed by atoms with Crippen molar-refractivity contribution in [2.45, 2.75) is 50.5 Å². The summed E-state index contributed by atoms with van der Waals surface area (Å²) in [5.41, 5.74) is 1.42. The van der Waals surface area contributed by atoms with Crippen LogP contribution in [0.1, 0.15) is 51.1 Å². The molecule has 1 fully saturated rings. The van der Waals surface area contributed by atoms with Gasteiger partial charge in [-0.15, -0.1) is 11.8 Å². The zero-order valence-electron chi connectivity index (χ0n) is 11.6. The number of nitrogens with one attached hydrogen (secondary N) is 1. The summed E-state index contributed by atoms with van der Waals surface area (Å²) < 4.78 is 0. The van der Waals surface area contributed by atoms with Crippen molar-refractivity contribution in [3.63, 3.8) is 0 Å². The van der Waals surface area contributed by atoms with Crippen LogP contribution in [0.5, 0.6) is 0 Å². The predicted molar refractivity (Wildman–Crippen MR) is 81.2 cm³/mol. The molecule has 1 unspecified atom stereocenters. The maximum atomic E-state index is 3.55. The van der Waals surface area contributed by atoms with Crippen molar-refractivity contribution >= 4 is 11.8 Å². The second-order valence-electron chi connectivity index (χ2n) is 5.33. The van der Waals surface area contributed by atoms with E-state index in [1.165, 1.54) is 41.9 Å². The summed E-state index contributed by atoms with van der Waals surface area (Å²) in [6.07, 6.45) is 5.54. The average molecular weight is 263 g/mol. The van der Waals surface area contributed by atoms with Crippen LogP contribution in [0.3, 0.4) is 0 Å². The smallest absolute Gasteiger partial charge is 0.0292 e. The predicted octanol–water partition coefficient (Wildman–Crippen LogP) is 4.64. The van der Waals surface area contributed by atoms with Crippen LogP contribution < -0.4 is 5.32 Å². The standard InChI is InChI=1S/C16H25NS/c1-3-10-17-13(2)15-5-4-6-16(12-15)18-11-9-14-7-8-14/h4-6,12-14,17H,3,7-11H2,1-2H3. The van der Waals surface area contributed by atoms with E-state index in [1.54, 1.807) is 0 Å². The maximum absolute atomic E-state index is 3.55. The highest BCUT2D eigenvalue weighted by molar-refractivity contribution is 7.99. The lowest BCUT2D eigenvalue weighted by molar-refractivity contribution is 0.570. The molecule has 0 saturated heterocycles. The number of thioether (sulfide) groups is 1. The van der Waals surface area contributed by atoms with Gasteiger partial charge in [-0.2, -0.15) is 0 Å². The lowest BCUT2D eigenvalue weighted by atomic mass is 10.1. The molecule has 1 aliphatic carbocycles. The molecule has 0 bridgehead atoms. The first-order chi connectivity index (χ1) is 8.79. The zero-order chi connectivity index (χ0) is 12.8. The molecule has 2 rings (SSSR count). The first kappa shape index (κ1) is 14.0. The molecule has 1 nitrogen and oxygen atoms in total. The van der Waals surface area contributed by atoms with Gasteiger partial charge in [0.1, 0.15) is 0 Å². The van der Waals surface area contributed by atoms with Gasteiger partial charge in [-0.3, -0.25) is 0 Å². The molecule has 1 aromatic carbocycles. The molecule has 1 atom stereocenters. The third-order valence-electron chi connectivity index (χ3n) is 3.55. The van der Waals surface area contributed by atoms with Crippen molar-refractivity contribution in [2.24, 2.45) is 5.92 Å². The van der Waals surface area contributed by atoms with E-state index in [0.29, 0.717) is 6.04 Å². The Balaban J connectivity index is 1.82. The summed E-state index contributed by atoms with van der Waals surface area (Å²) in [5.74, 6) is 2.33. The van der Waals surface area contributed by atoms with Gasteiger partial charge >= 0.3 is 0 Å². The number of benzene rings is 1. The van der Waals surface area contributed by atoms with Gasteiger partial charge in [0, 0.05) is 10.9 Å². The van der Waals surface area contributed by atoms with Crippen molar-refractivity contribution in [1.82, 2.24) is 5.32 Å². The monoisotopic (exact) mass is 263 g/mol. The third kappa shape index (κ3) is 4.66.